The van der Waals surface area contributed by atoms with Crippen LogP contribution < -0.4 is 10.2 Å². The molecule has 4 aromatic rings. The van der Waals surface area contributed by atoms with Crippen molar-refractivity contribution in [1.82, 2.24) is 14.6 Å². The molecule has 1 aliphatic heterocycles. The average Bonchev–Trinajstić information content (AvgIpc) is 3.08. The van der Waals surface area contributed by atoms with Crippen molar-refractivity contribution in [2.24, 2.45) is 5.92 Å². The molecule has 0 bridgehead atoms. The van der Waals surface area contributed by atoms with E-state index in [-0.39, 0.29) is 11.8 Å². The van der Waals surface area contributed by atoms with Crippen LogP contribution in [0, 0.1) is 12.8 Å². The number of amides is 1. The van der Waals surface area contributed by atoms with Crippen molar-refractivity contribution in [1.29, 1.82) is 0 Å². The Bertz CT molecular complexity index is 1230. The molecule has 2 aromatic carbocycles. The van der Waals surface area contributed by atoms with Gasteiger partial charge < -0.3 is 10.2 Å². The number of nitrogens with zero attached hydrogens (tertiary/aromatic N) is 4. The summed E-state index contributed by atoms with van der Waals surface area (Å²) in [7, 11) is 0. The summed E-state index contributed by atoms with van der Waals surface area (Å²) in [5.74, 6) is 0.989. The van der Waals surface area contributed by atoms with Crippen molar-refractivity contribution in [3.05, 3.63) is 65.3 Å². The first kappa shape index (κ1) is 18.9. The minimum atomic E-state index is -0.00255. The molecule has 1 saturated heterocycles. The summed E-state index contributed by atoms with van der Waals surface area (Å²) in [5.41, 5.74) is 3.26. The standard InChI is InChI=1S/C23H22ClN5O/c1-15-20(24)22-26-21(18-9-5-6-10-19(18)29(22)27-15)28-13-11-16(12-14-28)23(30)25-17-7-3-2-4-8-17/h2-10,16H,11-14H2,1H3,(H,25,30). The number of anilines is 2. The van der Waals surface area contributed by atoms with Crippen LogP contribution in [0.4, 0.5) is 11.5 Å². The number of hydrogen-bond donors (Lipinski definition) is 1. The summed E-state index contributed by atoms with van der Waals surface area (Å²) in [6.45, 7) is 3.43. The Morgan fingerprint density at radius 3 is 2.53 bits per heavy atom. The van der Waals surface area contributed by atoms with Gasteiger partial charge in [-0.3, -0.25) is 4.79 Å². The van der Waals surface area contributed by atoms with E-state index in [2.05, 4.69) is 21.4 Å². The van der Waals surface area contributed by atoms with Crippen LogP contribution in [0.3, 0.4) is 0 Å². The Morgan fingerprint density at radius 1 is 1.07 bits per heavy atom. The van der Waals surface area contributed by atoms with Gasteiger partial charge in [0.1, 0.15) is 10.8 Å². The highest BCUT2D eigenvalue weighted by molar-refractivity contribution is 6.34. The lowest BCUT2D eigenvalue weighted by Gasteiger charge is -2.32. The van der Waals surface area contributed by atoms with E-state index in [1.54, 1.807) is 0 Å². The second-order valence-corrected chi connectivity index (χ2v) is 8.08. The van der Waals surface area contributed by atoms with E-state index >= 15 is 0 Å². The van der Waals surface area contributed by atoms with Gasteiger partial charge in [0, 0.05) is 30.1 Å². The quantitative estimate of drug-likeness (QED) is 0.522. The zero-order chi connectivity index (χ0) is 20.7. The first-order valence-corrected chi connectivity index (χ1v) is 10.5. The highest BCUT2D eigenvalue weighted by Gasteiger charge is 2.27. The van der Waals surface area contributed by atoms with Gasteiger partial charge in [0.25, 0.3) is 0 Å². The first-order chi connectivity index (χ1) is 14.6. The van der Waals surface area contributed by atoms with Gasteiger partial charge in [0.15, 0.2) is 5.65 Å². The lowest BCUT2D eigenvalue weighted by Crippen LogP contribution is -2.38. The number of aromatic nitrogens is 3. The zero-order valence-electron chi connectivity index (χ0n) is 16.7. The Kier molecular flexibility index (Phi) is 4.79. The number of benzene rings is 2. The molecule has 0 saturated carbocycles. The molecule has 0 radical (unpaired) electrons. The van der Waals surface area contributed by atoms with Gasteiger partial charge in [0.05, 0.1) is 11.2 Å². The van der Waals surface area contributed by atoms with Crippen molar-refractivity contribution in [3.63, 3.8) is 0 Å². The van der Waals surface area contributed by atoms with Gasteiger partial charge in [-0.1, -0.05) is 41.9 Å². The number of halogens is 1. The molecule has 30 heavy (non-hydrogen) atoms. The van der Waals surface area contributed by atoms with Gasteiger partial charge in [-0.25, -0.2) is 9.50 Å². The third-order valence-corrected chi connectivity index (χ3v) is 6.20. The van der Waals surface area contributed by atoms with E-state index in [0.29, 0.717) is 10.7 Å². The van der Waals surface area contributed by atoms with Gasteiger partial charge in [-0.2, -0.15) is 5.10 Å². The molecule has 1 aliphatic rings. The second kappa shape index (κ2) is 7.61. The molecule has 7 heteroatoms. The van der Waals surface area contributed by atoms with Crippen LogP contribution in [0.15, 0.2) is 54.6 Å². The number of fused-ring (bicyclic) bond motifs is 3. The van der Waals surface area contributed by atoms with Crippen molar-refractivity contribution in [3.8, 4) is 0 Å². The van der Waals surface area contributed by atoms with E-state index < -0.39 is 0 Å². The molecule has 5 rings (SSSR count). The van der Waals surface area contributed by atoms with Crippen molar-refractivity contribution < 1.29 is 4.79 Å². The average molecular weight is 420 g/mol. The number of carbonyl (C=O) groups excluding carboxylic acids is 1. The van der Waals surface area contributed by atoms with E-state index in [1.807, 2.05) is 60.0 Å². The largest absolute Gasteiger partial charge is 0.356 e. The SMILES string of the molecule is Cc1nn2c(nc(N3CCC(C(=O)Nc4ccccc4)CC3)c3ccccc32)c1Cl. The predicted molar refractivity (Wildman–Crippen MR) is 120 cm³/mol. The van der Waals surface area contributed by atoms with Crippen LogP contribution in [-0.4, -0.2) is 33.6 Å². The lowest BCUT2D eigenvalue weighted by atomic mass is 9.95. The molecule has 1 fully saturated rings. The third-order valence-electron chi connectivity index (χ3n) is 5.76. The van der Waals surface area contributed by atoms with Gasteiger partial charge in [-0.05, 0) is 44.0 Å². The molecule has 1 amide bonds. The molecule has 0 atom stereocenters. The first-order valence-electron chi connectivity index (χ1n) is 10.2. The Hall–Kier alpha value is -3.12. The molecule has 0 aliphatic carbocycles. The molecule has 0 unspecified atom stereocenters. The number of hydrogen-bond acceptors (Lipinski definition) is 4. The van der Waals surface area contributed by atoms with Crippen LogP contribution in [0.5, 0.6) is 0 Å². The van der Waals surface area contributed by atoms with E-state index in [1.165, 1.54) is 0 Å². The van der Waals surface area contributed by atoms with Gasteiger partial charge in [-0.15, -0.1) is 0 Å². The highest BCUT2D eigenvalue weighted by Crippen LogP contribution is 2.32. The minimum absolute atomic E-state index is 0.00255. The maximum absolute atomic E-state index is 12.7. The van der Waals surface area contributed by atoms with E-state index in [4.69, 9.17) is 16.6 Å². The van der Waals surface area contributed by atoms with Crippen LogP contribution in [0.25, 0.3) is 16.6 Å². The Balaban J connectivity index is 1.40. The van der Waals surface area contributed by atoms with Crippen LogP contribution in [0.2, 0.25) is 5.02 Å². The van der Waals surface area contributed by atoms with Crippen molar-refractivity contribution >= 4 is 45.6 Å². The lowest BCUT2D eigenvalue weighted by molar-refractivity contribution is -0.120. The molecule has 1 N–H and O–H groups in total. The second-order valence-electron chi connectivity index (χ2n) is 7.70. The minimum Gasteiger partial charge on any atom is -0.356 e. The summed E-state index contributed by atoms with van der Waals surface area (Å²) < 4.78 is 1.82. The number of aryl methyl sites for hydroxylation is 1. The number of nitrogens with one attached hydrogen (secondary N) is 1. The molecular weight excluding hydrogens is 398 g/mol. The molecule has 0 spiro atoms. The van der Waals surface area contributed by atoms with Crippen molar-refractivity contribution in [2.75, 3.05) is 23.3 Å². The molecule has 3 heterocycles. The van der Waals surface area contributed by atoms with E-state index in [0.717, 1.165) is 54.0 Å². The summed E-state index contributed by atoms with van der Waals surface area (Å²) in [6.07, 6.45) is 1.57. The number of piperidine rings is 1. The van der Waals surface area contributed by atoms with Crippen LogP contribution in [-0.2, 0) is 4.79 Å². The maximum Gasteiger partial charge on any atom is 0.227 e. The topological polar surface area (TPSA) is 62.5 Å². The summed E-state index contributed by atoms with van der Waals surface area (Å²) in [6, 6.07) is 17.7. The molecule has 152 valence electrons. The number of carbonyl (C=O) groups is 1. The summed E-state index contributed by atoms with van der Waals surface area (Å²) >= 11 is 6.48. The fourth-order valence-corrected chi connectivity index (χ4v) is 4.29. The fraction of sp³-hybridized carbons (Fsp3) is 0.261. The molecular formula is C23H22ClN5O. The number of rotatable bonds is 3. The summed E-state index contributed by atoms with van der Waals surface area (Å²) in [5, 5.41) is 9.20. The highest BCUT2D eigenvalue weighted by atomic mass is 35.5. The number of para-hydroxylation sites is 2. The fourth-order valence-electron chi connectivity index (χ4n) is 4.13. The van der Waals surface area contributed by atoms with Crippen LogP contribution >= 0.6 is 11.6 Å². The smallest absolute Gasteiger partial charge is 0.227 e. The third kappa shape index (κ3) is 3.27. The van der Waals surface area contributed by atoms with E-state index in [9.17, 15) is 4.79 Å². The zero-order valence-corrected chi connectivity index (χ0v) is 17.4. The maximum atomic E-state index is 12.7. The van der Waals surface area contributed by atoms with Gasteiger partial charge >= 0.3 is 0 Å². The summed E-state index contributed by atoms with van der Waals surface area (Å²) in [4.78, 5) is 19.8. The normalized spacial score (nSPS) is 15.1. The monoisotopic (exact) mass is 419 g/mol. The molecule has 2 aromatic heterocycles. The molecule has 6 nitrogen and oxygen atoms in total. The Morgan fingerprint density at radius 2 is 1.77 bits per heavy atom. The predicted octanol–water partition coefficient (Wildman–Crippen LogP) is 4.70. The Labute approximate surface area is 179 Å². The van der Waals surface area contributed by atoms with Crippen molar-refractivity contribution in [2.45, 2.75) is 19.8 Å². The van der Waals surface area contributed by atoms with Gasteiger partial charge in [0.2, 0.25) is 5.91 Å². The van der Waals surface area contributed by atoms with Crippen LogP contribution in [0.1, 0.15) is 18.5 Å².